The van der Waals surface area contributed by atoms with E-state index in [0.29, 0.717) is 24.6 Å². The predicted octanol–water partition coefficient (Wildman–Crippen LogP) is 2.73. The molecular weight excluding hydrogens is 304 g/mol. The summed E-state index contributed by atoms with van der Waals surface area (Å²) in [7, 11) is 0. The van der Waals surface area contributed by atoms with E-state index in [0.717, 1.165) is 29.4 Å². The Morgan fingerprint density at radius 2 is 1.96 bits per heavy atom. The van der Waals surface area contributed by atoms with Crippen molar-refractivity contribution >= 4 is 22.8 Å². The number of pyridine rings is 1. The number of aliphatic carboxylic acids is 1. The highest BCUT2D eigenvalue weighted by Crippen LogP contribution is 2.44. The molecule has 2 atom stereocenters. The van der Waals surface area contributed by atoms with E-state index in [2.05, 4.69) is 4.98 Å². The number of para-hydroxylation sites is 1. The van der Waals surface area contributed by atoms with Crippen molar-refractivity contribution in [2.75, 3.05) is 13.1 Å². The third-order valence-electron chi connectivity index (χ3n) is 5.27. The molecule has 0 bridgehead atoms. The molecule has 2 fully saturated rings. The predicted molar refractivity (Wildman–Crippen MR) is 89.7 cm³/mol. The van der Waals surface area contributed by atoms with Crippen molar-refractivity contribution in [3.8, 4) is 0 Å². The maximum atomic E-state index is 13.1. The second kappa shape index (κ2) is 5.58. The van der Waals surface area contributed by atoms with Crippen LogP contribution < -0.4 is 0 Å². The van der Waals surface area contributed by atoms with Crippen LogP contribution in [0.4, 0.5) is 0 Å². The number of aromatic nitrogens is 1. The minimum Gasteiger partial charge on any atom is -0.481 e. The molecule has 1 aliphatic carbocycles. The summed E-state index contributed by atoms with van der Waals surface area (Å²) < 4.78 is 0. The lowest BCUT2D eigenvalue weighted by Crippen LogP contribution is -2.30. The Kier molecular flexibility index (Phi) is 3.52. The van der Waals surface area contributed by atoms with E-state index in [4.69, 9.17) is 0 Å². The summed E-state index contributed by atoms with van der Waals surface area (Å²) in [4.78, 5) is 30.8. The van der Waals surface area contributed by atoms with Gasteiger partial charge in [-0.05, 0) is 43.7 Å². The van der Waals surface area contributed by atoms with Crippen LogP contribution >= 0.6 is 0 Å². The van der Waals surface area contributed by atoms with Crippen molar-refractivity contribution in [1.82, 2.24) is 9.88 Å². The van der Waals surface area contributed by atoms with E-state index < -0.39 is 11.9 Å². The third kappa shape index (κ3) is 2.54. The van der Waals surface area contributed by atoms with E-state index in [1.54, 1.807) is 4.90 Å². The lowest BCUT2D eigenvalue weighted by Gasteiger charge is -2.18. The number of rotatable bonds is 3. The van der Waals surface area contributed by atoms with Crippen LogP contribution in [-0.2, 0) is 4.79 Å². The molecule has 1 N–H and O–H groups in total. The van der Waals surface area contributed by atoms with Gasteiger partial charge < -0.3 is 10.0 Å². The molecule has 2 aliphatic rings. The smallest absolute Gasteiger partial charge is 0.308 e. The molecule has 1 aromatic heterocycles. The highest BCUT2D eigenvalue weighted by Gasteiger charge is 2.47. The Morgan fingerprint density at radius 3 is 2.67 bits per heavy atom. The number of hydrogen-bond acceptors (Lipinski definition) is 3. The van der Waals surface area contributed by atoms with Crippen molar-refractivity contribution in [2.45, 2.75) is 19.8 Å². The molecule has 0 radical (unpaired) electrons. The van der Waals surface area contributed by atoms with Gasteiger partial charge in [0, 0.05) is 24.2 Å². The quantitative estimate of drug-likeness (QED) is 0.942. The highest BCUT2D eigenvalue weighted by atomic mass is 16.4. The molecule has 5 heteroatoms. The number of benzene rings is 1. The zero-order valence-electron chi connectivity index (χ0n) is 13.6. The Balaban J connectivity index is 1.68. The summed E-state index contributed by atoms with van der Waals surface area (Å²) in [5.41, 5.74) is 2.22. The number of carbonyl (C=O) groups is 2. The van der Waals surface area contributed by atoms with Gasteiger partial charge in [0.05, 0.1) is 17.0 Å². The average molecular weight is 324 g/mol. The number of fused-ring (bicyclic) bond motifs is 1. The molecule has 1 amide bonds. The van der Waals surface area contributed by atoms with Gasteiger partial charge in [-0.1, -0.05) is 18.2 Å². The SMILES string of the molecule is Cc1cc(C(=O)N2C[C@H](C(=O)O)[C@@H](C3CC3)C2)c2ccccc2n1. The van der Waals surface area contributed by atoms with Crippen molar-refractivity contribution in [3.05, 3.63) is 41.6 Å². The van der Waals surface area contributed by atoms with E-state index >= 15 is 0 Å². The molecule has 4 rings (SSSR count). The van der Waals surface area contributed by atoms with Gasteiger partial charge >= 0.3 is 5.97 Å². The zero-order valence-corrected chi connectivity index (χ0v) is 13.6. The Hall–Kier alpha value is -2.43. The minimum absolute atomic E-state index is 0.0777. The number of hydrogen-bond donors (Lipinski definition) is 1. The maximum absolute atomic E-state index is 13.1. The first-order valence-electron chi connectivity index (χ1n) is 8.43. The van der Waals surface area contributed by atoms with Gasteiger partial charge in [0.25, 0.3) is 5.91 Å². The molecule has 1 aliphatic heterocycles. The standard InChI is InChI=1S/C19H20N2O3/c1-11-8-14(13-4-2-3-5-17(13)20-11)18(22)21-9-15(12-6-7-12)16(10-21)19(23)24/h2-5,8,12,15-16H,6-7,9-10H2,1H3,(H,23,24)/t15-,16+/m1/s1. The molecule has 124 valence electrons. The summed E-state index contributed by atoms with van der Waals surface area (Å²) in [6.07, 6.45) is 2.18. The Morgan fingerprint density at radius 1 is 1.21 bits per heavy atom. The van der Waals surface area contributed by atoms with Crippen LogP contribution in [0.2, 0.25) is 0 Å². The molecule has 1 saturated carbocycles. The first-order chi connectivity index (χ1) is 11.5. The van der Waals surface area contributed by atoms with Crippen LogP contribution in [0.25, 0.3) is 10.9 Å². The molecule has 24 heavy (non-hydrogen) atoms. The molecule has 1 aromatic carbocycles. The number of aryl methyl sites for hydroxylation is 1. The van der Waals surface area contributed by atoms with Crippen LogP contribution in [0.1, 0.15) is 28.9 Å². The van der Waals surface area contributed by atoms with Crippen LogP contribution in [0.15, 0.2) is 30.3 Å². The van der Waals surface area contributed by atoms with Crippen molar-refractivity contribution in [1.29, 1.82) is 0 Å². The maximum Gasteiger partial charge on any atom is 0.308 e. The van der Waals surface area contributed by atoms with E-state index in [-0.39, 0.29) is 11.8 Å². The normalized spacial score (nSPS) is 23.6. The van der Waals surface area contributed by atoms with E-state index in [1.165, 1.54) is 0 Å². The Labute approximate surface area is 140 Å². The summed E-state index contributed by atoms with van der Waals surface area (Å²) in [6, 6.07) is 9.41. The van der Waals surface area contributed by atoms with Crippen molar-refractivity contribution < 1.29 is 14.7 Å². The van der Waals surface area contributed by atoms with Crippen LogP contribution in [0, 0.1) is 24.7 Å². The summed E-state index contributed by atoms with van der Waals surface area (Å²) in [6.45, 7) is 2.74. The van der Waals surface area contributed by atoms with Crippen LogP contribution in [0.3, 0.4) is 0 Å². The average Bonchev–Trinajstić information content (AvgIpc) is 3.31. The number of likely N-dealkylation sites (tertiary alicyclic amines) is 1. The lowest BCUT2D eigenvalue weighted by atomic mass is 9.92. The van der Waals surface area contributed by atoms with Crippen LogP contribution in [-0.4, -0.2) is 40.0 Å². The zero-order chi connectivity index (χ0) is 16.8. The van der Waals surface area contributed by atoms with Crippen LogP contribution in [0.5, 0.6) is 0 Å². The fourth-order valence-electron chi connectivity index (χ4n) is 3.91. The van der Waals surface area contributed by atoms with Crippen molar-refractivity contribution in [2.24, 2.45) is 17.8 Å². The largest absolute Gasteiger partial charge is 0.481 e. The molecule has 0 unspecified atom stereocenters. The van der Waals surface area contributed by atoms with Gasteiger partial charge in [0.2, 0.25) is 0 Å². The van der Waals surface area contributed by atoms with Gasteiger partial charge in [-0.25, -0.2) is 0 Å². The molecule has 2 heterocycles. The summed E-state index contributed by atoms with van der Waals surface area (Å²) in [5.74, 6) is -0.722. The highest BCUT2D eigenvalue weighted by molar-refractivity contribution is 6.06. The van der Waals surface area contributed by atoms with Crippen molar-refractivity contribution in [3.63, 3.8) is 0 Å². The fraction of sp³-hybridized carbons (Fsp3) is 0.421. The molecule has 1 saturated heterocycles. The number of carboxylic acid groups (broad SMARTS) is 1. The first-order valence-corrected chi connectivity index (χ1v) is 8.43. The first kappa shape index (κ1) is 15.1. The number of nitrogens with zero attached hydrogens (tertiary/aromatic N) is 2. The minimum atomic E-state index is -0.780. The summed E-state index contributed by atoms with van der Waals surface area (Å²) >= 11 is 0. The van der Waals surface area contributed by atoms with Gasteiger partial charge in [-0.15, -0.1) is 0 Å². The number of carbonyl (C=O) groups excluding carboxylic acids is 1. The van der Waals surface area contributed by atoms with E-state index in [9.17, 15) is 14.7 Å². The molecule has 0 spiro atoms. The molecule has 2 aromatic rings. The second-order valence-electron chi connectivity index (χ2n) is 6.98. The molecular formula is C19H20N2O3. The monoisotopic (exact) mass is 324 g/mol. The van der Waals surface area contributed by atoms with E-state index in [1.807, 2.05) is 37.3 Å². The number of amides is 1. The lowest BCUT2D eigenvalue weighted by molar-refractivity contribution is -0.142. The molecule has 5 nitrogen and oxygen atoms in total. The topological polar surface area (TPSA) is 70.5 Å². The van der Waals surface area contributed by atoms with Gasteiger partial charge in [-0.2, -0.15) is 0 Å². The second-order valence-corrected chi connectivity index (χ2v) is 6.98. The van der Waals surface area contributed by atoms with Gasteiger partial charge in [0.1, 0.15) is 0 Å². The third-order valence-corrected chi connectivity index (χ3v) is 5.27. The summed E-state index contributed by atoms with van der Waals surface area (Å²) in [5, 5.41) is 10.3. The van der Waals surface area contributed by atoms with Gasteiger partial charge in [-0.3, -0.25) is 14.6 Å². The van der Waals surface area contributed by atoms with Gasteiger partial charge in [0.15, 0.2) is 0 Å². The number of carboxylic acids is 1. The fourth-order valence-corrected chi connectivity index (χ4v) is 3.91. The Bertz CT molecular complexity index is 828.